The second-order valence-electron chi connectivity index (χ2n) is 4.78. The maximum Gasteiger partial charge on any atom is 0.123 e. The normalized spacial score (nSPS) is 14.3. The summed E-state index contributed by atoms with van der Waals surface area (Å²) in [4.78, 5) is 0. The molecule has 2 unspecified atom stereocenters. The van der Waals surface area contributed by atoms with E-state index in [0.717, 1.165) is 12.2 Å². The van der Waals surface area contributed by atoms with Gasteiger partial charge in [0.25, 0.3) is 0 Å². The zero-order chi connectivity index (χ0) is 13.8. The van der Waals surface area contributed by atoms with Crippen molar-refractivity contribution in [3.8, 4) is 5.75 Å². The molecule has 1 aromatic heterocycles. The quantitative estimate of drug-likeness (QED) is 0.869. The van der Waals surface area contributed by atoms with Crippen molar-refractivity contribution in [2.45, 2.75) is 32.4 Å². The van der Waals surface area contributed by atoms with Gasteiger partial charge in [-0.25, -0.2) is 4.39 Å². The van der Waals surface area contributed by atoms with E-state index in [1.165, 1.54) is 18.2 Å². The fourth-order valence-electron chi connectivity index (χ4n) is 2.18. The standard InChI is InChI=1S/C15H18FNO2/c1-10(8-13-4-3-7-19-13)17-11(2)14-9-12(16)5-6-15(14)18/h3-7,9-11,17-18H,8H2,1-2H3. The molecule has 1 aromatic carbocycles. The highest BCUT2D eigenvalue weighted by atomic mass is 19.1. The molecule has 0 spiro atoms. The van der Waals surface area contributed by atoms with Crippen molar-refractivity contribution in [3.63, 3.8) is 0 Å². The van der Waals surface area contributed by atoms with Gasteiger partial charge in [-0.1, -0.05) is 0 Å². The molecule has 0 amide bonds. The molecule has 1 heterocycles. The Morgan fingerprint density at radius 1 is 1.32 bits per heavy atom. The highest BCUT2D eigenvalue weighted by Crippen LogP contribution is 2.25. The average Bonchev–Trinajstić information content (AvgIpc) is 2.84. The Balaban J connectivity index is 2.00. The van der Waals surface area contributed by atoms with E-state index in [4.69, 9.17) is 4.42 Å². The van der Waals surface area contributed by atoms with Crippen LogP contribution in [-0.4, -0.2) is 11.1 Å². The predicted octanol–water partition coefficient (Wildman–Crippen LogP) is 3.41. The fraction of sp³-hybridized carbons (Fsp3) is 0.333. The lowest BCUT2D eigenvalue weighted by molar-refractivity contribution is 0.411. The lowest BCUT2D eigenvalue weighted by Gasteiger charge is -2.20. The molecule has 102 valence electrons. The van der Waals surface area contributed by atoms with Crippen LogP contribution in [0.25, 0.3) is 0 Å². The van der Waals surface area contributed by atoms with Crippen LogP contribution in [0.15, 0.2) is 41.0 Å². The summed E-state index contributed by atoms with van der Waals surface area (Å²) in [5.41, 5.74) is 0.561. The van der Waals surface area contributed by atoms with Crippen LogP contribution in [0.2, 0.25) is 0 Å². The molecule has 2 N–H and O–H groups in total. The number of benzene rings is 1. The van der Waals surface area contributed by atoms with Crippen molar-refractivity contribution in [1.82, 2.24) is 5.32 Å². The summed E-state index contributed by atoms with van der Waals surface area (Å²) < 4.78 is 18.5. The molecule has 3 nitrogen and oxygen atoms in total. The van der Waals surface area contributed by atoms with Crippen LogP contribution >= 0.6 is 0 Å². The number of nitrogens with one attached hydrogen (secondary N) is 1. The molecular weight excluding hydrogens is 245 g/mol. The number of hydrogen-bond donors (Lipinski definition) is 2. The predicted molar refractivity (Wildman–Crippen MR) is 71.5 cm³/mol. The maximum absolute atomic E-state index is 13.2. The van der Waals surface area contributed by atoms with E-state index in [1.54, 1.807) is 6.26 Å². The van der Waals surface area contributed by atoms with Crippen LogP contribution in [0, 0.1) is 5.82 Å². The molecule has 0 fully saturated rings. The van der Waals surface area contributed by atoms with Crippen LogP contribution in [0.1, 0.15) is 31.2 Å². The summed E-state index contributed by atoms with van der Waals surface area (Å²) >= 11 is 0. The first-order chi connectivity index (χ1) is 9.06. The number of aromatic hydroxyl groups is 1. The summed E-state index contributed by atoms with van der Waals surface area (Å²) in [6.07, 6.45) is 2.39. The van der Waals surface area contributed by atoms with Gasteiger partial charge >= 0.3 is 0 Å². The average molecular weight is 263 g/mol. The summed E-state index contributed by atoms with van der Waals surface area (Å²) in [5.74, 6) is 0.655. The molecule has 4 heteroatoms. The van der Waals surface area contributed by atoms with Gasteiger partial charge in [0.05, 0.1) is 6.26 Å². The third kappa shape index (κ3) is 3.58. The van der Waals surface area contributed by atoms with Gasteiger partial charge < -0.3 is 14.8 Å². The van der Waals surface area contributed by atoms with E-state index in [2.05, 4.69) is 5.32 Å². The lowest BCUT2D eigenvalue weighted by atomic mass is 10.1. The monoisotopic (exact) mass is 263 g/mol. The summed E-state index contributed by atoms with van der Waals surface area (Å²) in [5, 5.41) is 13.1. The Morgan fingerprint density at radius 3 is 2.79 bits per heavy atom. The van der Waals surface area contributed by atoms with Gasteiger partial charge in [-0.2, -0.15) is 0 Å². The van der Waals surface area contributed by atoms with E-state index in [1.807, 2.05) is 26.0 Å². The Kier molecular flexibility index (Phi) is 4.22. The Morgan fingerprint density at radius 2 is 2.11 bits per heavy atom. The van der Waals surface area contributed by atoms with Crippen molar-refractivity contribution in [2.24, 2.45) is 0 Å². The summed E-state index contributed by atoms with van der Waals surface area (Å²) in [6, 6.07) is 7.76. The van der Waals surface area contributed by atoms with Crippen molar-refractivity contribution < 1.29 is 13.9 Å². The maximum atomic E-state index is 13.2. The van der Waals surface area contributed by atoms with Crippen LogP contribution in [-0.2, 0) is 6.42 Å². The largest absolute Gasteiger partial charge is 0.508 e. The highest BCUT2D eigenvalue weighted by molar-refractivity contribution is 5.34. The summed E-state index contributed by atoms with van der Waals surface area (Å²) in [6.45, 7) is 3.92. The first kappa shape index (κ1) is 13.6. The van der Waals surface area contributed by atoms with Gasteiger partial charge in [0.15, 0.2) is 0 Å². The van der Waals surface area contributed by atoms with E-state index in [0.29, 0.717) is 5.56 Å². The lowest BCUT2D eigenvalue weighted by Crippen LogP contribution is -2.30. The SMILES string of the molecule is CC(Cc1ccco1)NC(C)c1cc(F)ccc1O. The Bertz CT molecular complexity index is 525. The van der Waals surface area contributed by atoms with E-state index in [-0.39, 0.29) is 23.7 Å². The van der Waals surface area contributed by atoms with E-state index < -0.39 is 0 Å². The number of hydrogen-bond acceptors (Lipinski definition) is 3. The van der Waals surface area contributed by atoms with Crippen LogP contribution < -0.4 is 5.32 Å². The smallest absolute Gasteiger partial charge is 0.123 e. The topological polar surface area (TPSA) is 45.4 Å². The molecule has 0 saturated heterocycles. The zero-order valence-corrected chi connectivity index (χ0v) is 11.1. The van der Waals surface area contributed by atoms with Gasteiger partial charge in [0.1, 0.15) is 17.3 Å². The van der Waals surface area contributed by atoms with Crippen molar-refractivity contribution in [3.05, 3.63) is 53.7 Å². The van der Waals surface area contributed by atoms with Crippen molar-refractivity contribution in [2.75, 3.05) is 0 Å². The van der Waals surface area contributed by atoms with Crippen molar-refractivity contribution >= 4 is 0 Å². The van der Waals surface area contributed by atoms with E-state index in [9.17, 15) is 9.50 Å². The zero-order valence-electron chi connectivity index (χ0n) is 11.1. The first-order valence-electron chi connectivity index (χ1n) is 6.33. The third-order valence-corrected chi connectivity index (χ3v) is 3.08. The van der Waals surface area contributed by atoms with Gasteiger partial charge in [-0.3, -0.25) is 0 Å². The van der Waals surface area contributed by atoms with Crippen LogP contribution in [0.3, 0.4) is 0 Å². The molecule has 2 atom stereocenters. The highest BCUT2D eigenvalue weighted by Gasteiger charge is 2.14. The molecule has 0 aliphatic rings. The van der Waals surface area contributed by atoms with Crippen molar-refractivity contribution in [1.29, 1.82) is 0 Å². The molecular formula is C15H18FNO2. The fourth-order valence-corrected chi connectivity index (χ4v) is 2.18. The minimum absolute atomic E-state index is 0.103. The van der Waals surface area contributed by atoms with Gasteiger partial charge in [0.2, 0.25) is 0 Å². The second kappa shape index (κ2) is 5.89. The number of phenolic OH excluding ortho intramolecular Hbond substituents is 1. The van der Waals surface area contributed by atoms with Crippen LogP contribution in [0.4, 0.5) is 4.39 Å². The number of halogens is 1. The molecule has 0 bridgehead atoms. The molecule has 2 rings (SSSR count). The Hall–Kier alpha value is -1.81. The van der Waals surface area contributed by atoms with Gasteiger partial charge in [-0.15, -0.1) is 0 Å². The third-order valence-electron chi connectivity index (χ3n) is 3.08. The van der Waals surface area contributed by atoms with E-state index >= 15 is 0 Å². The van der Waals surface area contributed by atoms with Gasteiger partial charge in [-0.05, 0) is 44.2 Å². The summed E-state index contributed by atoms with van der Waals surface area (Å²) in [7, 11) is 0. The molecule has 0 aliphatic carbocycles. The molecule has 19 heavy (non-hydrogen) atoms. The number of furan rings is 1. The van der Waals surface area contributed by atoms with Gasteiger partial charge in [0, 0.05) is 24.1 Å². The number of rotatable bonds is 5. The first-order valence-corrected chi connectivity index (χ1v) is 6.33. The molecule has 0 aliphatic heterocycles. The number of phenols is 1. The minimum atomic E-state index is -0.347. The molecule has 0 saturated carbocycles. The second-order valence-corrected chi connectivity index (χ2v) is 4.78. The molecule has 2 aromatic rings. The Labute approximate surface area is 112 Å². The van der Waals surface area contributed by atoms with Crippen LogP contribution in [0.5, 0.6) is 5.75 Å². The minimum Gasteiger partial charge on any atom is -0.508 e. The molecule has 0 radical (unpaired) electrons.